The number of ether oxygens (including phenoxy) is 3. The number of rotatable bonds is 7. The Morgan fingerprint density at radius 3 is 1.96 bits per heavy atom. The summed E-state index contributed by atoms with van der Waals surface area (Å²) in [6, 6.07) is 4.26. The predicted molar refractivity (Wildman–Crippen MR) is 103 cm³/mol. The van der Waals surface area contributed by atoms with Gasteiger partial charge < -0.3 is 19.5 Å². The van der Waals surface area contributed by atoms with Crippen molar-refractivity contribution in [3.8, 4) is 17.2 Å². The van der Waals surface area contributed by atoms with E-state index in [0.29, 0.717) is 48.0 Å². The Kier molecular flexibility index (Phi) is 5.20. The molecule has 0 atom stereocenters. The Hall–Kier alpha value is -1.91. The molecule has 0 saturated heterocycles. The Morgan fingerprint density at radius 1 is 0.926 bits per heavy atom. The minimum atomic E-state index is 0.168. The van der Waals surface area contributed by atoms with Gasteiger partial charge in [0.05, 0.1) is 21.3 Å². The maximum atomic E-state index is 12.6. The van der Waals surface area contributed by atoms with Crippen molar-refractivity contribution < 1.29 is 19.0 Å². The number of amides is 1. The fraction of sp³-hybridized carbons (Fsp3) is 0.682. The van der Waals surface area contributed by atoms with Crippen molar-refractivity contribution in [2.45, 2.75) is 51.0 Å². The largest absolute Gasteiger partial charge is 0.493 e. The zero-order chi connectivity index (χ0) is 19.0. The van der Waals surface area contributed by atoms with Crippen LogP contribution in [0.4, 0.5) is 0 Å². The van der Waals surface area contributed by atoms with Crippen LogP contribution in [0.5, 0.6) is 17.2 Å². The van der Waals surface area contributed by atoms with Gasteiger partial charge in [-0.3, -0.25) is 4.79 Å². The number of carbonyl (C=O) groups is 1. The average molecular weight is 373 g/mol. The van der Waals surface area contributed by atoms with E-state index in [-0.39, 0.29) is 5.91 Å². The second-order valence-electron chi connectivity index (χ2n) is 8.56. The highest BCUT2D eigenvalue weighted by molar-refractivity contribution is 5.76. The normalized spacial score (nSPS) is 30.9. The first-order valence-corrected chi connectivity index (χ1v) is 10.2. The van der Waals surface area contributed by atoms with Crippen LogP contribution < -0.4 is 19.5 Å². The number of carbonyl (C=O) groups excluding carboxylic acids is 1. The first-order chi connectivity index (χ1) is 13.1. The molecule has 4 saturated carbocycles. The third-order valence-electron chi connectivity index (χ3n) is 6.92. The van der Waals surface area contributed by atoms with E-state index in [1.807, 2.05) is 12.1 Å². The van der Waals surface area contributed by atoms with Crippen molar-refractivity contribution in [1.29, 1.82) is 0 Å². The van der Waals surface area contributed by atoms with Crippen LogP contribution in [0.15, 0.2) is 12.1 Å². The van der Waals surface area contributed by atoms with Crippen LogP contribution in [0, 0.1) is 23.7 Å². The van der Waals surface area contributed by atoms with Gasteiger partial charge in [-0.1, -0.05) is 0 Å². The van der Waals surface area contributed by atoms with Gasteiger partial charge in [0.15, 0.2) is 11.5 Å². The molecule has 4 aliphatic carbocycles. The monoisotopic (exact) mass is 373 g/mol. The molecule has 1 amide bonds. The molecule has 0 radical (unpaired) electrons. The van der Waals surface area contributed by atoms with Crippen molar-refractivity contribution in [2.75, 3.05) is 21.3 Å². The Labute approximate surface area is 161 Å². The summed E-state index contributed by atoms with van der Waals surface area (Å²) in [5, 5.41) is 3.39. The smallest absolute Gasteiger partial charge is 0.220 e. The van der Waals surface area contributed by atoms with Crippen molar-refractivity contribution in [1.82, 2.24) is 5.32 Å². The second-order valence-corrected chi connectivity index (χ2v) is 8.56. The minimum absolute atomic E-state index is 0.168. The molecule has 1 aromatic rings. The summed E-state index contributed by atoms with van der Waals surface area (Å²) in [6.07, 6.45) is 7.89. The summed E-state index contributed by atoms with van der Waals surface area (Å²) in [4.78, 5) is 12.6. The number of hydrogen-bond acceptors (Lipinski definition) is 4. The average Bonchev–Trinajstić information content (AvgIpc) is 2.67. The molecule has 4 fully saturated rings. The van der Waals surface area contributed by atoms with E-state index in [1.54, 1.807) is 21.3 Å². The summed E-state index contributed by atoms with van der Waals surface area (Å²) in [6.45, 7) is 0. The highest BCUT2D eigenvalue weighted by Gasteiger charge is 2.48. The third-order valence-corrected chi connectivity index (χ3v) is 6.92. The van der Waals surface area contributed by atoms with Gasteiger partial charge in [-0.2, -0.15) is 0 Å². The highest BCUT2D eigenvalue weighted by atomic mass is 16.5. The zero-order valence-electron chi connectivity index (χ0n) is 16.6. The topological polar surface area (TPSA) is 56.8 Å². The lowest BCUT2D eigenvalue weighted by Crippen LogP contribution is -2.55. The van der Waals surface area contributed by atoms with Gasteiger partial charge in [-0.15, -0.1) is 0 Å². The van der Waals surface area contributed by atoms with E-state index in [0.717, 1.165) is 17.4 Å². The van der Waals surface area contributed by atoms with Crippen molar-refractivity contribution in [3.05, 3.63) is 17.7 Å². The lowest BCUT2D eigenvalue weighted by Gasteiger charge is -2.54. The fourth-order valence-electron chi connectivity index (χ4n) is 5.96. The van der Waals surface area contributed by atoms with E-state index in [1.165, 1.54) is 32.1 Å². The SMILES string of the molecule is COc1cc(CCC(=O)NC2C3CC4CC(C3)CC2C4)cc(OC)c1OC. The molecular formula is C22H31NO4. The first kappa shape index (κ1) is 18.5. The molecule has 5 rings (SSSR count). The molecule has 148 valence electrons. The summed E-state index contributed by atoms with van der Waals surface area (Å²) in [7, 11) is 4.82. The van der Waals surface area contributed by atoms with Gasteiger partial charge in [-0.05, 0) is 79.9 Å². The van der Waals surface area contributed by atoms with Crippen LogP contribution in [0.2, 0.25) is 0 Å². The molecule has 4 aliphatic rings. The van der Waals surface area contributed by atoms with E-state index in [2.05, 4.69) is 5.32 Å². The van der Waals surface area contributed by atoms with Crippen LogP contribution in [0.25, 0.3) is 0 Å². The number of hydrogen-bond donors (Lipinski definition) is 1. The third kappa shape index (κ3) is 3.61. The fourth-order valence-corrected chi connectivity index (χ4v) is 5.96. The Morgan fingerprint density at radius 2 is 1.48 bits per heavy atom. The molecular weight excluding hydrogens is 342 g/mol. The first-order valence-electron chi connectivity index (χ1n) is 10.2. The Balaban J connectivity index is 1.37. The molecule has 1 N–H and O–H groups in total. The van der Waals surface area contributed by atoms with Crippen LogP contribution in [-0.4, -0.2) is 33.3 Å². The maximum Gasteiger partial charge on any atom is 0.220 e. The molecule has 5 nitrogen and oxygen atoms in total. The van der Waals surface area contributed by atoms with Gasteiger partial charge in [0, 0.05) is 12.5 Å². The summed E-state index contributed by atoms with van der Waals surface area (Å²) >= 11 is 0. The second kappa shape index (κ2) is 7.61. The zero-order valence-corrected chi connectivity index (χ0v) is 16.6. The standard InChI is InChI=1S/C22H31NO4/c1-25-18-11-13(12-19(26-2)22(18)27-3)4-5-20(24)23-21-16-7-14-6-15(9-16)10-17(21)8-14/h11-12,14-17,21H,4-10H2,1-3H3,(H,23,24). The number of nitrogens with one attached hydrogen (secondary N) is 1. The van der Waals surface area contributed by atoms with Crippen LogP contribution >= 0.6 is 0 Å². The molecule has 0 heterocycles. The van der Waals surface area contributed by atoms with Crippen molar-refractivity contribution in [3.63, 3.8) is 0 Å². The van der Waals surface area contributed by atoms with Crippen molar-refractivity contribution in [2.24, 2.45) is 23.7 Å². The van der Waals surface area contributed by atoms with Gasteiger partial charge in [-0.25, -0.2) is 0 Å². The van der Waals surface area contributed by atoms with E-state index in [4.69, 9.17) is 14.2 Å². The number of benzene rings is 1. The minimum Gasteiger partial charge on any atom is -0.493 e. The van der Waals surface area contributed by atoms with Gasteiger partial charge in [0.1, 0.15) is 0 Å². The summed E-state index contributed by atoms with van der Waals surface area (Å²) in [5.74, 6) is 5.31. The number of aryl methyl sites for hydroxylation is 1. The van der Waals surface area contributed by atoms with Crippen LogP contribution in [0.3, 0.4) is 0 Å². The van der Waals surface area contributed by atoms with Crippen molar-refractivity contribution >= 4 is 5.91 Å². The van der Waals surface area contributed by atoms with Gasteiger partial charge in [0.2, 0.25) is 11.7 Å². The molecule has 0 aliphatic heterocycles. The molecule has 27 heavy (non-hydrogen) atoms. The van der Waals surface area contributed by atoms with E-state index >= 15 is 0 Å². The summed E-state index contributed by atoms with van der Waals surface area (Å²) in [5.41, 5.74) is 1.02. The molecule has 0 aromatic heterocycles. The lowest BCUT2D eigenvalue weighted by molar-refractivity contribution is -0.125. The molecule has 1 aromatic carbocycles. The summed E-state index contributed by atoms with van der Waals surface area (Å²) < 4.78 is 16.2. The predicted octanol–water partition coefficient (Wildman–Crippen LogP) is 3.59. The molecule has 5 heteroatoms. The lowest BCUT2D eigenvalue weighted by atomic mass is 9.54. The van der Waals surface area contributed by atoms with E-state index < -0.39 is 0 Å². The van der Waals surface area contributed by atoms with E-state index in [9.17, 15) is 4.79 Å². The van der Waals surface area contributed by atoms with Crippen LogP contribution in [0.1, 0.15) is 44.1 Å². The van der Waals surface area contributed by atoms with Crippen LogP contribution in [-0.2, 0) is 11.2 Å². The molecule has 4 bridgehead atoms. The highest BCUT2D eigenvalue weighted by Crippen LogP contribution is 2.53. The van der Waals surface area contributed by atoms with Gasteiger partial charge in [0.25, 0.3) is 0 Å². The number of methoxy groups -OCH3 is 3. The molecule has 0 unspecified atom stereocenters. The maximum absolute atomic E-state index is 12.6. The Bertz CT molecular complexity index is 649. The molecule has 0 spiro atoms. The van der Waals surface area contributed by atoms with Gasteiger partial charge >= 0.3 is 0 Å². The quantitative estimate of drug-likeness (QED) is 0.794.